The summed E-state index contributed by atoms with van der Waals surface area (Å²) >= 11 is 0. The first-order chi connectivity index (χ1) is 19.0. The number of piperidine rings is 1. The first-order valence-corrected chi connectivity index (χ1v) is 14.1. The van der Waals surface area contributed by atoms with E-state index in [9.17, 15) is 10.1 Å². The minimum Gasteiger partial charge on any atom is -0.493 e. The van der Waals surface area contributed by atoms with Crippen LogP contribution in [0.25, 0.3) is 22.3 Å². The number of carbonyl (C=O) groups is 1. The van der Waals surface area contributed by atoms with Crippen molar-refractivity contribution in [3.8, 4) is 23.1 Å². The molecule has 2 aromatic heterocycles. The van der Waals surface area contributed by atoms with Crippen LogP contribution in [0.2, 0.25) is 0 Å². The molecule has 0 radical (unpaired) electrons. The average molecular weight is 529 g/mol. The maximum absolute atomic E-state index is 12.9. The molecule has 9 heteroatoms. The molecule has 204 valence electrons. The quantitative estimate of drug-likeness (QED) is 0.458. The molecule has 5 heterocycles. The molecule has 3 saturated heterocycles. The summed E-state index contributed by atoms with van der Waals surface area (Å²) in [5, 5.41) is 10.5. The molecular weight excluding hydrogens is 492 g/mol. The van der Waals surface area contributed by atoms with Crippen LogP contribution in [0.3, 0.4) is 0 Å². The predicted octanol–water partition coefficient (Wildman–Crippen LogP) is 3.95. The first-order valence-electron chi connectivity index (χ1n) is 14.1. The van der Waals surface area contributed by atoms with E-state index in [1.807, 2.05) is 31.3 Å². The monoisotopic (exact) mass is 528 g/mol. The number of carbonyl (C=O) groups excluding carboxylic acids is 1. The van der Waals surface area contributed by atoms with Crippen molar-refractivity contribution < 1.29 is 14.3 Å². The highest BCUT2D eigenvalue weighted by Gasteiger charge is 2.33. The van der Waals surface area contributed by atoms with Gasteiger partial charge < -0.3 is 18.9 Å². The molecule has 0 N–H and O–H groups in total. The molecule has 0 aliphatic carbocycles. The molecule has 0 bridgehead atoms. The van der Waals surface area contributed by atoms with E-state index in [-0.39, 0.29) is 17.9 Å². The lowest BCUT2D eigenvalue weighted by Crippen LogP contribution is -2.47. The Morgan fingerprint density at radius 1 is 1.15 bits per heavy atom. The second kappa shape index (κ2) is 10.9. The van der Waals surface area contributed by atoms with Gasteiger partial charge in [-0.05, 0) is 88.4 Å². The highest BCUT2D eigenvalue weighted by molar-refractivity contribution is 5.91. The highest BCUT2D eigenvalue weighted by Crippen LogP contribution is 2.33. The summed E-state index contributed by atoms with van der Waals surface area (Å²) in [5.41, 5.74) is 3.50. The number of aromatic nitrogens is 3. The molecule has 3 aliphatic rings. The van der Waals surface area contributed by atoms with Gasteiger partial charge in [-0.15, -0.1) is 0 Å². The summed E-state index contributed by atoms with van der Waals surface area (Å²) in [6.45, 7) is 6.76. The maximum Gasteiger partial charge on any atom is 0.239 e. The zero-order valence-corrected chi connectivity index (χ0v) is 22.8. The molecular formula is C30H36N6O3. The van der Waals surface area contributed by atoms with Gasteiger partial charge in [-0.25, -0.2) is 9.97 Å². The van der Waals surface area contributed by atoms with Gasteiger partial charge in [0.2, 0.25) is 11.7 Å². The highest BCUT2D eigenvalue weighted by atomic mass is 16.5. The van der Waals surface area contributed by atoms with Gasteiger partial charge in [0.15, 0.2) is 0 Å². The molecule has 39 heavy (non-hydrogen) atoms. The van der Waals surface area contributed by atoms with Crippen LogP contribution in [0.15, 0.2) is 30.5 Å². The van der Waals surface area contributed by atoms with Crippen molar-refractivity contribution in [2.24, 2.45) is 5.92 Å². The number of likely N-dealkylation sites (tertiary alicyclic amines) is 2. The Hall–Kier alpha value is -3.48. The van der Waals surface area contributed by atoms with Crippen molar-refractivity contribution in [2.75, 3.05) is 46.5 Å². The van der Waals surface area contributed by atoms with E-state index >= 15 is 0 Å². The second-order valence-corrected chi connectivity index (χ2v) is 11.2. The van der Waals surface area contributed by atoms with E-state index in [0.717, 1.165) is 85.3 Å². The van der Waals surface area contributed by atoms with Gasteiger partial charge in [0.05, 0.1) is 37.6 Å². The third-order valence-corrected chi connectivity index (χ3v) is 8.65. The third-order valence-electron chi connectivity index (χ3n) is 8.65. The second-order valence-electron chi connectivity index (χ2n) is 11.2. The number of amides is 1. The number of fused-ring (bicyclic) bond motifs is 1. The van der Waals surface area contributed by atoms with Crippen molar-refractivity contribution in [1.29, 1.82) is 5.26 Å². The van der Waals surface area contributed by atoms with E-state index in [0.29, 0.717) is 31.6 Å². The minimum atomic E-state index is 0.0815. The SMILES string of the molecule is Cc1cc(-c2nc(C#N)nc3c2ccn3C2COC2)ccc1OCCC1CCN(C(=O)[C@@H]2CCCN2C)CC1. The standard InChI is InChI=1S/C30H36N6O3/c1-20-16-22(28-24-9-14-36(23-18-38-19-23)29(24)33-27(17-31)32-28)5-6-26(20)39-15-10-21-7-12-35(13-8-21)30(37)25-4-3-11-34(25)2/h5-6,9,14,16,21,23,25H,3-4,7-8,10-13,15,18-19H2,1-2H3/t25-/m0/s1. The largest absolute Gasteiger partial charge is 0.493 e. The lowest BCUT2D eigenvalue weighted by atomic mass is 9.93. The fourth-order valence-electron chi connectivity index (χ4n) is 6.15. The van der Waals surface area contributed by atoms with Crippen LogP contribution in [0.4, 0.5) is 0 Å². The van der Waals surface area contributed by atoms with Crippen molar-refractivity contribution >= 4 is 16.9 Å². The third kappa shape index (κ3) is 5.11. The summed E-state index contributed by atoms with van der Waals surface area (Å²) in [6.07, 6.45) is 7.20. The lowest BCUT2D eigenvalue weighted by molar-refractivity contribution is -0.137. The van der Waals surface area contributed by atoms with Gasteiger partial charge in [0.25, 0.3) is 0 Å². The maximum atomic E-state index is 12.9. The van der Waals surface area contributed by atoms with Gasteiger partial charge in [0.1, 0.15) is 17.5 Å². The molecule has 3 aromatic rings. The molecule has 3 aliphatic heterocycles. The van der Waals surface area contributed by atoms with Gasteiger partial charge in [-0.2, -0.15) is 5.26 Å². The van der Waals surface area contributed by atoms with Crippen LogP contribution in [-0.2, 0) is 9.53 Å². The number of likely N-dealkylation sites (N-methyl/N-ethyl adjacent to an activating group) is 1. The number of ether oxygens (including phenoxy) is 2. The first kappa shape index (κ1) is 25.8. The smallest absolute Gasteiger partial charge is 0.239 e. The minimum absolute atomic E-state index is 0.0815. The van der Waals surface area contributed by atoms with E-state index in [1.54, 1.807) is 0 Å². The van der Waals surface area contributed by atoms with Crippen molar-refractivity contribution in [3.63, 3.8) is 0 Å². The molecule has 1 amide bonds. The molecule has 1 atom stereocenters. The Balaban J connectivity index is 1.07. The number of aryl methyl sites for hydroxylation is 1. The molecule has 0 saturated carbocycles. The van der Waals surface area contributed by atoms with Gasteiger partial charge in [-0.3, -0.25) is 9.69 Å². The number of benzene rings is 1. The average Bonchev–Trinajstić information content (AvgIpc) is 3.54. The van der Waals surface area contributed by atoms with Crippen LogP contribution in [0.1, 0.15) is 49.5 Å². The molecule has 9 nitrogen and oxygen atoms in total. The Kier molecular flexibility index (Phi) is 7.24. The fraction of sp³-hybridized carbons (Fsp3) is 0.533. The molecule has 0 spiro atoms. The van der Waals surface area contributed by atoms with Gasteiger partial charge in [-0.1, -0.05) is 0 Å². The van der Waals surface area contributed by atoms with E-state index < -0.39 is 0 Å². The van der Waals surface area contributed by atoms with Crippen LogP contribution < -0.4 is 4.74 Å². The topological polar surface area (TPSA) is 96.5 Å². The Morgan fingerprint density at radius 2 is 1.97 bits per heavy atom. The van der Waals surface area contributed by atoms with Crippen molar-refractivity contribution in [1.82, 2.24) is 24.3 Å². The van der Waals surface area contributed by atoms with E-state index in [2.05, 4.69) is 43.5 Å². The summed E-state index contributed by atoms with van der Waals surface area (Å²) in [6, 6.07) is 10.6. The number of nitriles is 1. The molecule has 0 unspecified atom stereocenters. The van der Waals surface area contributed by atoms with Crippen molar-refractivity contribution in [2.45, 2.75) is 51.1 Å². The molecule has 3 fully saturated rings. The Morgan fingerprint density at radius 3 is 2.64 bits per heavy atom. The number of hydrogen-bond donors (Lipinski definition) is 0. The van der Waals surface area contributed by atoms with Crippen molar-refractivity contribution in [3.05, 3.63) is 41.9 Å². The zero-order valence-electron chi connectivity index (χ0n) is 22.8. The normalized spacial score (nSPS) is 20.7. The van der Waals surface area contributed by atoms with Crippen LogP contribution >= 0.6 is 0 Å². The molecule has 1 aromatic carbocycles. The Bertz CT molecular complexity index is 1400. The predicted molar refractivity (Wildman–Crippen MR) is 147 cm³/mol. The van der Waals surface area contributed by atoms with Gasteiger partial charge in [0, 0.05) is 30.2 Å². The van der Waals surface area contributed by atoms with Crippen LogP contribution in [0.5, 0.6) is 5.75 Å². The van der Waals surface area contributed by atoms with Crippen LogP contribution in [0, 0.1) is 24.2 Å². The zero-order chi connectivity index (χ0) is 26.9. The summed E-state index contributed by atoms with van der Waals surface area (Å²) in [5.74, 6) is 1.93. The molecule has 6 rings (SSSR count). The number of hydrogen-bond acceptors (Lipinski definition) is 7. The Labute approximate surface area is 229 Å². The summed E-state index contributed by atoms with van der Waals surface area (Å²) < 4.78 is 13.6. The lowest BCUT2D eigenvalue weighted by Gasteiger charge is -2.34. The fourth-order valence-corrected chi connectivity index (χ4v) is 6.15. The van der Waals surface area contributed by atoms with E-state index in [1.165, 1.54) is 0 Å². The summed E-state index contributed by atoms with van der Waals surface area (Å²) in [7, 11) is 2.06. The number of rotatable bonds is 7. The van der Waals surface area contributed by atoms with Crippen LogP contribution in [-0.4, -0.2) is 82.8 Å². The van der Waals surface area contributed by atoms with E-state index in [4.69, 9.17) is 9.47 Å². The number of nitrogens with zero attached hydrogens (tertiary/aromatic N) is 6. The summed E-state index contributed by atoms with van der Waals surface area (Å²) in [4.78, 5) is 26.2. The van der Waals surface area contributed by atoms with Gasteiger partial charge >= 0.3 is 0 Å².